The predicted octanol–water partition coefficient (Wildman–Crippen LogP) is 2.25. The Hall–Kier alpha value is -1.71. The number of carbonyl (C=O) groups is 1. The highest BCUT2D eigenvalue weighted by molar-refractivity contribution is 9.10. The minimum absolute atomic E-state index is 0.157. The van der Waals surface area contributed by atoms with Crippen LogP contribution in [0.5, 0.6) is 0 Å². The van der Waals surface area contributed by atoms with Crippen LogP contribution in [-0.4, -0.2) is 48.0 Å². The molecule has 1 N–H and O–H groups in total. The maximum absolute atomic E-state index is 12.7. The maximum Gasteiger partial charge on any atom is 0.252 e. The molecular weight excluding hydrogens is 420 g/mol. The summed E-state index contributed by atoms with van der Waals surface area (Å²) in [7, 11) is -3.55. The van der Waals surface area contributed by atoms with Crippen molar-refractivity contribution in [1.29, 1.82) is 0 Å². The molecule has 0 aliphatic carbocycles. The highest BCUT2D eigenvalue weighted by Gasteiger charge is 2.28. The lowest BCUT2D eigenvalue weighted by Crippen LogP contribution is -2.29. The van der Waals surface area contributed by atoms with Gasteiger partial charge < -0.3 is 5.32 Å². The normalized spacial score (nSPS) is 15.3. The van der Waals surface area contributed by atoms with Gasteiger partial charge >= 0.3 is 0 Å². The molecular formula is C17H21BrN4O3S. The van der Waals surface area contributed by atoms with E-state index < -0.39 is 10.0 Å². The van der Waals surface area contributed by atoms with Crippen LogP contribution in [0.2, 0.25) is 0 Å². The fraction of sp³-hybridized carbons (Fsp3) is 0.412. The Balaban J connectivity index is 1.65. The molecule has 140 valence electrons. The summed E-state index contributed by atoms with van der Waals surface area (Å²) in [4.78, 5) is 12.6. The van der Waals surface area contributed by atoms with Crippen LogP contribution in [0.4, 0.5) is 0 Å². The quantitative estimate of drug-likeness (QED) is 0.669. The number of rotatable bonds is 7. The number of nitrogens with one attached hydrogen (secondary N) is 1. The molecule has 2 aromatic rings. The second-order valence-corrected chi connectivity index (χ2v) is 8.92. The number of amides is 1. The van der Waals surface area contributed by atoms with Gasteiger partial charge in [0, 0.05) is 43.0 Å². The summed E-state index contributed by atoms with van der Waals surface area (Å²) in [5.74, 6) is -0.296. The molecule has 1 aliphatic rings. The van der Waals surface area contributed by atoms with Crippen molar-refractivity contribution in [3.05, 3.63) is 46.7 Å². The Bertz CT molecular complexity index is 862. The van der Waals surface area contributed by atoms with E-state index in [4.69, 9.17) is 0 Å². The van der Waals surface area contributed by atoms with Gasteiger partial charge in [-0.1, -0.05) is 0 Å². The van der Waals surface area contributed by atoms with Crippen LogP contribution < -0.4 is 5.32 Å². The number of sulfonamides is 1. The molecule has 3 rings (SSSR count). The summed E-state index contributed by atoms with van der Waals surface area (Å²) in [6, 6.07) is 6.44. The molecule has 0 spiro atoms. The molecule has 2 heterocycles. The molecule has 1 aliphatic heterocycles. The van der Waals surface area contributed by atoms with E-state index in [1.54, 1.807) is 16.9 Å². The van der Waals surface area contributed by atoms with E-state index >= 15 is 0 Å². The number of hydrogen-bond acceptors (Lipinski definition) is 4. The number of aromatic nitrogens is 2. The Labute approximate surface area is 161 Å². The first kappa shape index (κ1) is 19.1. The van der Waals surface area contributed by atoms with Crippen molar-refractivity contribution < 1.29 is 13.2 Å². The summed E-state index contributed by atoms with van der Waals surface area (Å²) in [6.45, 7) is 2.26. The van der Waals surface area contributed by atoms with Gasteiger partial charge in [0.15, 0.2) is 0 Å². The van der Waals surface area contributed by atoms with E-state index in [0.29, 0.717) is 36.2 Å². The topological polar surface area (TPSA) is 84.3 Å². The number of halogens is 1. The minimum atomic E-state index is -3.55. The zero-order chi connectivity index (χ0) is 18.6. The summed E-state index contributed by atoms with van der Waals surface area (Å²) in [5, 5.41) is 6.94. The van der Waals surface area contributed by atoms with Crippen LogP contribution in [-0.2, 0) is 16.6 Å². The van der Waals surface area contributed by atoms with Crippen molar-refractivity contribution in [2.24, 2.45) is 0 Å². The molecule has 1 saturated heterocycles. The highest BCUT2D eigenvalue weighted by Crippen LogP contribution is 2.25. The molecule has 9 heteroatoms. The third-order valence-electron chi connectivity index (χ3n) is 4.29. The molecule has 7 nitrogen and oxygen atoms in total. The van der Waals surface area contributed by atoms with Gasteiger partial charge in [-0.25, -0.2) is 8.42 Å². The highest BCUT2D eigenvalue weighted by atomic mass is 79.9. The van der Waals surface area contributed by atoms with Crippen LogP contribution >= 0.6 is 15.9 Å². The van der Waals surface area contributed by atoms with Crippen LogP contribution in [0, 0.1) is 0 Å². The van der Waals surface area contributed by atoms with Crippen LogP contribution in [0.25, 0.3) is 0 Å². The Kier molecular flexibility index (Phi) is 6.10. The Morgan fingerprint density at radius 1 is 1.27 bits per heavy atom. The number of carbonyl (C=O) groups excluding carboxylic acids is 1. The first-order chi connectivity index (χ1) is 12.5. The lowest BCUT2D eigenvalue weighted by Gasteiger charge is -2.16. The van der Waals surface area contributed by atoms with E-state index in [9.17, 15) is 13.2 Å². The molecule has 0 atom stereocenters. The lowest BCUT2D eigenvalue weighted by molar-refractivity contribution is 0.0951. The fourth-order valence-electron chi connectivity index (χ4n) is 2.89. The van der Waals surface area contributed by atoms with Gasteiger partial charge in [0.1, 0.15) is 0 Å². The van der Waals surface area contributed by atoms with Crippen molar-refractivity contribution in [2.45, 2.75) is 30.7 Å². The average molecular weight is 441 g/mol. The van der Waals surface area contributed by atoms with Gasteiger partial charge in [0.2, 0.25) is 10.0 Å². The second kappa shape index (κ2) is 8.32. The van der Waals surface area contributed by atoms with Gasteiger partial charge in [-0.15, -0.1) is 0 Å². The van der Waals surface area contributed by atoms with E-state index in [1.807, 2.05) is 12.3 Å². The molecule has 0 bridgehead atoms. The molecule has 1 fully saturated rings. The van der Waals surface area contributed by atoms with Gasteiger partial charge in [-0.2, -0.15) is 9.40 Å². The van der Waals surface area contributed by atoms with Crippen molar-refractivity contribution in [3.8, 4) is 0 Å². The molecule has 26 heavy (non-hydrogen) atoms. The molecule has 1 aromatic carbocycles. The van der Waals surface area contributed by atoms with Gasteiger partial charge in [0.05, 0.1) is 10.5 Å². The summed E-state index contributed by atoms with van der Waals surface area (Å²) >= 11 is 3.34. The van der Waals surface area contributed by atoms with Gasteiger partial charge in [0.25, 0.3) is 5.91 Å². The third-order valence-corrected chi connectivity index (χ3v) is 6.88. The zero-order valence-corrected chi connectivity index (χ0v) is 16.7. The van der Waals surface area contributed by atoms with Crippen molar-refractivity contribution in [3.63, 3.8) is 0 Å². The van der Waals surface area contributed by atoms with Crippen LogP contribution in [0.3, 0.4) is 0 Å². The average Bonchev–Trinajstić information content (AvgIpc) is 3.32. The molecule has 0 saturated carbocycles. The van der Waals surface area contributed by atoms with Crippen molar-refractivity contribution in [2.75, 3.05) is 19.6 Å². The summed E-state index contributed by atoms with van der Waals surface area (Å²) < 4.78 is 29.2. The number of nitrogens with zero attached hydrogens (tertiary/aromatic N) is 3. The van der Waals surface area contributed by atoms with Gasteiger partial charge in [-0.05, 0) is 59.5 Å². The smallest absolute Gasteiger partial charge is 0.252 e. The first-order valence-corrected chi connectivity index (χ1v) is 10.8. The van der Waals surface area contributed by atoms with Crippen LogP contribution in [0.15, 0.2) is 46.0 Å². The molecule has 0 radical (unpaired) electrons. The lowest BCUT2D eigenvalue weighted by atomic mass is 10.2. The summed E-state index contributed by atoms with van der Waals surface area (Å²) in [5.41, 5.74) is 0.323. The zero-order valence-electron chi connectivity index (χ0n) is 14.3. The Morgan fingerprint density at radius 2 is 2.04 bits per heavy atom. The van der Waals surface area contributed by atoms with E-state index in [1.165, 1.54) is 16.4 Å². The maximum atomic E-state index is 12.7. The number of hydrogen-bond donors (Lipinski definition) is 1. The molecule has 0 unspecified atom stereocenters. The number of benzene rings is 1. The predicted molar refractivity (Wildman–Crippen MR) is 101 cm³/mol. The first-order valence-electron chi connectivity index (χ1n) is 8.54. The van der Waals surface area contributed by atoms with Gasteiger partial charge in [-0.3, -0.25) is 9.48 Å². The summed E-state index contributed by atoms with van der Waals surface area (Å²) in [6.07, 6.45) is 6.06. The monoisotopic (exact) mass is 440 g/mol. The Morgan fingerprint density at radius 3 is 2.73 bits per heavy atom. The SMILES string of the molecule is O=C(NCCCn1cccn1)c1cc(S(=O)(=O)N2CCCC2)ccc1Br. The minimum Gasteiger partial charge on any atom is -0.352 e. The fourth-order valence-corrected chi connectivity index (χ4v) is 4.86. The third kappa shape index (κ3) is 4.33. The van der Waals surface area contributed by atoms with E-state index in [0.717, 1.165) is 19.3 Å². The molecule has 1 amide bonds. The van der Waals surface area contributed by atoms with Crippen molar-refractivity contribution in [1.82, 2.24) is 19.4 Å². The largest absolute Gasteiger partial charge is 0.352 e. The number of aryl methyl sites for hydroxylation is 1. The standard InChI is InChI=1S/C17H21BrN4O3S/c18-16-6-5-14(26(24,25)22-11-1-2-12-22)13-15(16)17(23)19-7-3-9-21-10-4-8-20-21/h4-6,8,10,13H,1-3,7,9,11-12H2,(H,19,23). The van der Waals surface area contributed by atoms with E-state index in [-0.39, 0.29) is 10.8 Å². The van der Waals surface area contributed by atoms with Crippen LogP contribution in [0.1, 0.15) is 29.6 Å². The van der Waals surface area contributed by atoms with E-state index in [2.05, 4.69) is 26.3 Å². The molecule has 1 aromatic heterocycles. The second-order valence-electron chi connectivity index (χ2n) is 6.13. The van der Waals surface area contributed by atoms with Crippen molar-refractivity contribution >= 4 is 31.9 Å².